The van der Waals surface area contributed by atoms with Gasteiger partial charge in [-0.05, 0) is 47.2 Å². The van der Waals surface area contributed by atoms with Gasteiger partial charge in [-0.1, -0.05) is 75.2 Å². The molecule has 0 aromatic heterocycles. The number of hydrogen-bond donors (Lipinski definition) is 0. The standard InChI is InChI=1S/2C19H19O.C2H6Ge.2ClH.Zr/c2*1-13(2)16-11-15-5-4-6-18(19(15)12-16)14-7-9-17(20-3)10-8-14;1-3-2;;;/h2*4-13H,1-3H3;1-2H3;2*1H;/q2*-1;;;;+4/p-2. The minimum absolute atomic E-state index is 0.500. The van der Waals surface area contributed by atoms with Gasteiger partial charge in [0.2, 0.25) is 0 Å². The second kappa shape index (κ2) is 19.5. The van der Waals surface area contributed by atoms with E-state index in [1.165, 1.54) is 54.9 Å². The molecular formula is C40H44Cl2GeO2Zr. The molecule has 46 heavy (non-hydrogen) atoms. The fourth-order valence-corrected chi connectivity index (χ4v) is 5.23. The first kappa shape index (κ1) is 38.2. The Bertz CT molecular complexity index is 1620. The summed E-state index contributed by atoms with van der Waals surface area (Å²) < 4.78 is 10.5. The third-order valence-electron chi connectivity index (χ3n) is 7.68. The summed E-state index contributed by atoms with van der Waals surface area (Å²) in [5.41, 5.74) is 7.85. The van der Waals surface area contributed by atoms with Crippen molar-refractivity contribution in [1.29, 1.82) is 0 Å². The van der Waals surface area contributed by atoms with Crippen LogP contribution in [-0.2, 0) is 20.8 Å². The maximum absolute atomic E-state index is 5.23. The number of benzene rings is 4. The first-order valence-corrected chi connectivity index (χ1v) is 26.0. The molecule has 0 saturated heterocycles. The molecule has 0 bridgehead atoms. The second-order valence-corrected chi connectivity index (χ2v) is 17.4. The van der Waals surface area contributed by atoms with E-state index in [1.54, 1.807) is 14.2 Å². The van der Waals surface area contributed by atoms with Gasteiger partial charge in [-0.25, -0.2) is 0 Å². The summed E-state index contributed by atoms with van der Waals surface area (Å²) >= 11 is -0.326. The number of fused-ring (bicyclic) bond motifs is 2. The van der Waals surface area contributed by atoms with Gasteiger partial charge in [0.15, 0.2) is 0 Å². The topological polar surface area (TPSA) is 18.5 Å². The van der Waals surface area contributed by atoms with Crippen LogP contribution in [-0.4, -0.2) is 29.7 Å². The van der Waals surface area contributed by atoms with Gasteiger partial charge in [0.25, 0.3) is 0 Å². The molecular weight excluding hydrogens is 747 g/mol. The molecule has 238 valence electrons. The van der Waals surface area contributed by atoms with Crippen molar-refractivity contribution in [2.24, 2.45) is 0 Å². The van der Waals surface area contributed by atoms with Crippen molar-refractivity contribution in [2.75, 3.05) is 14.2 Å². The van der Waals surface area contributed by atoms with Crippen LogP contribution in [0.4, 0.5) is 0 Å². The van der Waals surface area contributed by atoms with E-state index in [0.717, 1.165) is 11.5 Å². The van der Waals surface area contributed by atoms with Crippen molar-refractivity contribution in [3.63, 3.8) is 0 Å². The van der Waals surface area contributed by atoms with E-state index in [0.29, 0.717) is 27.3 Å². The summed E-state index contributed by atoms with van der Waals surface area (Å²) in [7, 11) is 13.3. The zero-order chi connectivity index (χ0) is 33.6. The number of halogens is 2. The molecule has 0 N–H and O–H groups in total. The van der Waals surface area contributed by atoms with E-state index in [4.69, 9.17) is 26.5 Å². The summed E-state index contributed by atoms with van der Waals surface area (Å²) in [4.78, 5) is 0. The van der Waals surface area contributed by atoms with Crippen molar-refractivity contribution in [2.45, 2.75) is 51.0 Å². The average molecular weight is 792 g/mol. The number of ether oxygens (including phenoxy) is 2. The first-order chi connectivity index (χ1) is 22.2. The van der Waals surface area contributed by atoms with Gasteiger partial charge in [-0.3, -0.25) is 0 Å². The zero-order valence-corrected chi connectivity index (χ0v) is 34.2. The van der Waals surface area contributed by atoms with Crippen molar-refractivity contribution in [1.82, 2.24) is 0 Å². The SMILES string of the molecule is COc1ccc(-c2cccc3[cH-]c(C(C)C)cc23)cc1.COc1ccc(-c2cccc3[cH-]c(C(C)C)cc23)cc1.[CH3][Ge][CH3].[Cl][Zr+2][Cl]. The van der Waals surface area contributed by atoms with Gasteiger partial charge < -0.3 is 9.47 Å². The van der Waals surface area contributed by atoms with Crippen LogP contribution in [0.25, 0.3) is 43.8 Å². The minimum atomic E-state index is -0.826. The Morgan fingerprint density at radius 3 is 1.20 bits per heavy atom. The van der Waals surface area contributed by atoms with E-state index < -0.39 is 20.8 Å². The maximum atomic E-state index is 5.23. The van der Waals surface area contributed by atoms with Crippen LogP contribution in [0.2, 0.25) is 11.5 Å². The normalized spacial score (nSPS) is 10.3. The molecule has 0 aliphatic rings. The van der Waals surface area contributed by atoms with Crippen LogP contribution >= 0.6 is 17.0 Å². The summed E-state index contributed by atoms with van der Waals surface area (Å²) in [5, 5.41) is 5.31. The van der Waals surface area contributed by atoms with Crippen molar-refractivity contribution >= 4 is 54.0 Å². The summed E-state index contributed by atoms with van der Waals surface area (Å²) in [6, 6.07) is 38.8. The predicted molar refractivity (Wildman–Crippen MR) is 200 cm³/mol. The van der Waals surface area contributed by atoms with E-state index >= 15 is 0 Å². The average Bonchev–Trinajstić information content (AvgIpc) is 3.72. The molecule has 0 aliphatic carbocycles. The molecule has 2 radical (unpaired) electrons. The van der Waals surface area contributed by atoms with Crippen molar-refractivity contribution in [3.05, 3.63) is 120 Å². The molecule has 6 heteroatoms. The molecule has 0 fully saturated rings. The Balaban J connectivity index is 0.000000214. The van der Waals surface area contributed by atoms with Crippen molar-refractivity contribution < 1.29 is 30.3 Å². The number of hydrogen-bond acceptors (Lipinski definition) is 2. The first-order valence-electron chi connectivity index (χ1n) is 15.4. The van der Waals surface area contributed by atoms with E-state index in [1.807, 2.05) is 24.3 Å². The summed E-state index contributed by atoms with van der Waals surface area (Å²) in [5.74, 6) is 7.41. The van der Waals surface area contributed by atoms with Crippen LogP contribution < -0.4 is 9.47 Å². The molecule has 6 aromatic rings. The Labute approximate surface area is 301 Å². The fourth-order valence-electron chi connectivity index (χ4n) is 5.23. The van der Waals surface area contributed by atoms with E-state index in [9.17, 15) is 0 Å². The van der Waals surface area contributed by atoms with Crippen LogP contribution in [0.1, 0.15) is 50.7 Å². The molecule has 2 nitrogen and oxygen atoms in total. The summed E-state index contributed by atoms with van der Waals surface area (Å²) in [6.07, 6.45) is 0. The Kier molecular flexibility index (Phi) is 16.2. The molecule has 0 spiro atoms. The van der Waals surface area contributed by atoms with E-state index in [2.05, 4.69) is 124 Å². The molecule has 0 aliphatic heterocycles. The number of rotatable bonds is 6. The third kappa shape index (κ3) is 10.4. The molecule has 6 rings (SSSR count). The molecule has 0 atom stereocenters. The number of methoxy groups -OCH3 is 2. The van der Waals surface area contributed by atoms with Crippen LogP contribution in [0.3, 0.4) is 0 Å². The molecule has 0 amide bonds. The van der Waals surface area contributed by atoms with Crippen molar-refractivity contribution in [3.8, 4) is 33.8 Å². The van der Waals surface area contributed by atoms with Crippen LogP contribution in [0.15, 0.2) is 109 Å². The van der Waals surface area contributed by atoms with E-state index in [-0.39, 0.29) is 0 Å². The molecule has 0 unspecified atom stereocenters. The van der Waals surface area contributed by atoms with Gasteiger partial charge in [-0.15, -0.1) is 69.1 Å². The molecule has 6 aromatic carbocycles. The van der Waals surface area contributed by atoms with Gasteiger partial charge >= 0.3 is 64.8 Å². The van der Waals surface area contributed by atoms with Gasteiger partial charge in [-0.2, -0.15) is 12.1 Å². The molecule has 0 heterocycles. The zero-order valence-electron chi connectivity index (χ0n) is 28.1. The monoisotopic (exact) mass is 790 g/mol. The Morgan fingerprint density at radius 1 is 0.587 bits per heavy atom. The Hall–Kier alpha value is -2.29. The van der Waals surface area contributed by atoms with Gasteiger partial charge in [0.1, 0.15) is 11.5 Å². The van der Waals surface area contributed by atoms with Crippen LogP contribution in [0.5, 0.6) is 11.5 Å². The molecule has 0 saturated carbocycles. The summed E-state index contributed by atoms with van der Waals surface area (Å²) in [6.45, 7) is 8.95. The second-order valence-electron chi connectivity index (χ2n) is 11.5. The quantitative estimate of drug-likeness (QED) is 0.124. The fraction of sp³-hybridized carbons (Fsp3) is 0.250. The predicted octanol–water partition coefficient (Wildman–Crippen LogP) is 12.9. The van der Waals surface area contributed by atoms with Gasteiger partial charge in [0, 0.05) is 0 Å². The third-order valence-corrected chi connectivity index (χ3v) is 7.68. The van der Waals surface area contributed by atoms with Gasteiger partial charge in [0.05, 0.1) is 14.2 Å². The Morgan fingerprint density at radius 2 is 0.913 bits per heavy atom. The van der Waals surface area contributed by atoms with Crippen LogP contribution in [0, 0.1) is 0 Å².